The van der Waals surface area contributed by atoms with Crippen LogP contribution in [0.15, 0.2) is 27.9 Å². The maximum Gasteiger partial charge on any atom is 0.346 e. The Kier molecular flexibility index (Phi) is 1.30. The van der Waals surface area contributed by atoms with Crippen molar-refractivity contribution in [2.45, 2.75) is 0 Å². The average Bonchev–Trinajstić information content (AvgIpc) is 2.03. The highest BCUT2D eigenvalue weighted by atomic mass is 16.1. The van der Waals surface area contributed by atoms with Gasteiger partial charge in [-0.05, 0) is 6.07 Å². The van der Waals surface area contributed by atoms with Gasteiger partial charge in [0, 0.05) is 17.6 Å². The van der Waals surface area contributed by atoms with E-state index in [0.717, 1.165) is 0 Å². The first-order valence-electron chi connectivity index (χ1n) is 3.34. The van der Waals surface area contributed by atoms with Crippen LogP contribution in [0.4, 0.5) is 0 Å². The summed E-state index contributed by atoms with van der Waals surface area (Å²) in [4.78, 5) is 29.9. The number of aromatic nitrogens is 3. The molecule has 0 unspecified atom stereocenters. The molecular formula is C7H5N3O2. The standard InChI is InChI=1S/C7H5N3O2/c11-5-2-1-4-3-8-7(12)10-6(4)9-5/h1-3H,(H2,8,9,10,11,12). The highest BCUT2D eigenvalue weighted by Crippen LogP contribution is 1.98. The van der Waals surface area contributed by atoms with Crippen molar-refractivity contribution < 1.29 is 0 Å². The van der Waals surface area contributed by atoms with Gasteiger partial charge in [-0.25, -0.2) is 4.79 Å². The second-order valence-electron chi connectivity index (χ2n) is 2.33. The number of aromatic amines is 2. The molecule has 0 amide bonds. The third kappa shape index (κ3) is 1.01. The minimum atomic E-state index is -0.468. The van der Waals surface area contributed by atoms with Gasteiger partial charge in [-0.15, -0.1) is 0 Å². The maximum absolute atomic E-state index is 10.8. The molecule has 0 radical (unpaired) electrons. The zero-order valence-electron chi connectivity index (χ0n) is 6.00. The van der Waals surface area contributed by atoms with Gasteiger partial charge < -0.3 is 9.97 Å². The van der Waals surface area contributed by atoms with E-state index in [2.05, 4.69) is 15.0 Å². The van der Waals surface area contributed by atoms with Gasteiger partial charge >= 0.3 is 5.69 Å². The van der Waals surface area contributed by atoms with Crippen LogP contribution in [0.5, 0.6) is 0 Å². The number of pyridine rings is 1. The Bertz CT molecular complexity index is 481. The van der Waals surface area contributed by atoms with Crippen LogP contribution in [0.1, 0.15) is 0 Å². The zero-order valence-corrected chi connectivity index (χ0v) is 6.00. The lowest BCUT2D eigenvalue weighted by Crippen LogP contribution is -2.12. The highest BCUT2D eigenvalue weighted by Gasteiger charge is 1.94. The lowest BCUT2D eigenvalue weighted by Gasteiger charge is -1.91. The molecule has 0 aliphatic carbocycles. The van der Waals surface area contributed by atoms with Gasteiger partial charge in [0.2, 0.25) is 5.56 Å². The molecule has 5 heteroatoms. The van der Waals surface area contributed by atoms with Crippen LogP contribution in [0, 0.1) is 0 Å². The number of hydrogen-bond donors (Lipinski definition) is 2. The molecule has 5 nitrogen and oxygen atoms in total. The van der Waals surface area contributed by atoms with Crippen molar-refractivity contribution in [3.05, 3.63) is 39.2 Å². The van der Waals surface area contributed by atoms with Crippen molar-refractivity contribution in [3.63, 3.8) is 0 Å². The Morgan fingerprint density at radius 2 is 2.08 bits per heavy atom. The topological polar surface area (TPSA) is 78.6 Å². The van der Waals surface area contributed by atoms with Crippen LogP contribution in [0.25, 0.3) is 11.0 Å². The number of H-pyrrole nitrogens is 2. The number of fused-ring (bicyclic) bond motifs is 1. The summed E-state index contributed by atoms with van der Waals surface area (Å²) in [7, 11) is 0. The van der Waals surface area contributed by atoms with E-state index in [-0.39, 0.29) is 5.56 Å². The molecule has 0 bridgehead atoms. The first-order valence-corrected chi connectivity index (χ1v) is 3.34. The maximum atomic E-state index is 10.8. The van der Waals surface area contributed by atoms with Gasteiger partial charge in [0.15, 0.2) is 0 Å². The molecule has 0 spiro atoms. The first-order chi connectivity index (χ1) is 5.75. The summed E-state index contributed by atoms with van der Waals surface area (Å²) in [6.07, 6.45) is 1.50. The van der Waals surface area contributed by atoms with Crippen LogP contribution >= 0.6 is 0 Å². The van der Waals surface area contributed by atoms with Crippen LogP contribution in [0.2, 0.25) is 0 Å². The number of hydrogen-bond acceptors (Lipinski definition) is 3. The monoisotopic (exact) mass is 163 g/mol. The number of nitrogens with zero attached hydrogens (tertiary/aromatic N) is 1. The van der Waals surface area contributed by atoms with Crippen molar-refractivity contribution in [1.29, 1.82) is 0 Å². The Hall–Kier alpha value is -1.91. The van der Waals surface area contributed by atoms with E-state index in [1.165, 1.54) is 12.3 Å². The fraction of sp³-hybridized carbons (Fsp3) is 0. The molecule has 0 saturated carbocycles. The Balaban J connectivity index is 2.98. The SMILES string of the molecule is O=c1ccc2c[nH]c(=O)nc2[nH]1. The summed E-state index contributed by atoms with van der Waals surface area (Å²) in [6.45, 7) is 0. The third-order valence-corrected chi connectivity index (χ3v) is 1.49. The molecule has 0 saturated heterocycles. The third-order valence-electron chi connectivity index (χ3n) is 1.49. The molecule has 2 aromatic heterocycles. The predicted octanol–water partition coefficient (Wildman–Crippen LogP) is -0.389. The minimum absolute atomic E-state index is 0.263. The first kappa shape index (κ1) is 6.78. The molecule has 2 aromatic rings. The summed E-state index contributed by atoms with van der Waals surface area (Å²) in [5.74, 6) is 0. The quantitative estimate of drug-likeness (QED) is 0.555. The number of rotatable bonds is 0. The lowest BCUT2D eigenvalue weighted by atomic mass is 10.3. The van der Waals surface area contributed by atoms with Crippen LogP contribution in [-0.4, -0.2) is 15.0 Å². The summed E-state index contributed by atoms with van der Waals surface area (Å²) in [5, 5.41) is 0.703. The van der Waals surface area contributed by atoms with Crippen molar-refractivity contribution >= 4 is 11.0 Å². The van der Waals surface area contributed by atoms with Crippen molar-refractivity contribution in [2.24, 2.45) is 0 Å². The van der Waals surface area contributed by atoms with Gasteiger partial charge in [-0.2, -0.15) is 4.98 Å². The average molecular weight is 163 g/mol. The zero-order chi connectivity index (χ0) is 8.55. The molecule has 12 heavy (non-hydrogen) atoms. The molecule has 0 aromatic carbocycles. The molecule has 2 N–H and O–H groups in total. The van der Waals surface area contributed by atoms with Crippen LogP contribution < -0.4 is 11.2 Å². The summed E-state index contributed by atoms with van der Waals surface area (Å²) >= 11 is 0. The Morgan fingerprint density at radius 1 is 1.25 bits per heavy atom. The van der Waals surface area contributed by atoms with Crippen molar-refractivity contribution in [2.75, 3.05) is 0 Å². The van der Waals surface area contributed by atoms with E-state index in [1.807, 2.05) is 0 Å². The highest BCUT2D eigenvalue weighted by molar-refractivity contribution is 5.72. The Morgan fingerprint density at radius 3 is 2.92 bits per heavy atom. The fourth-order valence-corrected chi connectivity index (χ4v) is 0.957. The summed E-state index contributed by atoms with van der Waals surface area (Å²) < 4.78 is 0. The van der Waals surface area contributed by atoms with Gasteiger partial charge in [-0.1, -0.05) is 0 Å². The van der Waals surface area contributed by atoms with Crippen LogP contribution in [-0.2, 0) is 0 Å². The van der Waals surface area contributed by atoms with Crippen LogP contribution in [0.3, 0.4) is 0 Å². The van der Waals surface area contributed by atoms with Gasteiger partial charge in [-0.3, -0.25) is 4.79 Å². The van der Waals surface area contributed by atoms with E-state index in [0.29, 0.717) is 11.0 Å². The second kappa shape index (κ2) is 2.30. The molecule has 60 valence electrons. The molecule has 2 heterocycles. The summed E-state index contributed by atoms with van der Waals surface area (Å²) in [6, 6.07) is 2.97. The normalized spacial score (nSPS) is 10.3. The molecular weight excluding hydrogens is 158 g/mol. The minimum Gasteiger partial charge on any atom is -0.312 e. The van der Waals surface area contributed by atoms with E-state index in [1.54, 1.807) is 6.07 Å². The molecule has 0 fully saturated rings. The van der Waals surface area contributed by atoms with E-state index in [4.69, 9.17) is 0 Å². The van der Waals surface area contributed by atoms with E-state index < -0.39 is 5.69 Å². The lowest BCUT2D eigenvalue weighted by molar-refractivity contribution is 1.09. The van der Waals surface area contributed by atoms with E-state index in [9.17, 15) is 9.59 Å². The van der Waals surface area contributed by atoms with Gasteiger partial charge in [0.25, 0.3) is 0 Å². The predicted molar refractivity (Wildman–Crippen MR) is 43.0 cm³/mol. The number of nitrogens with one attached hydrogen (secondary N) is 2. The molecule has 2 rings (SSSR count). The molecule has 0 atom stereocenters. The summed E-state index contributed by atoms with van der Waals surface area (Å²) in [5.41, 5.74) is -0.420. The van der Waals surface area contributed by atoms with Gasteiger partial charge in [0.1, 0.15) is 5.65 Å². The molecule has 0 aliphatic heterocycles. The Labute approximate surface area is 66.1 Å². The molecule has 0 aliphatic rings. The largest absolute Gasteiger partial charge is 0.346 e. The smallest absolute Gasteiger partial charge is 0.312 e. The van der Waals surface area contributed by atoms with E-state index >= 15 is 0 Å². The second-order valence-corrected chi connectivity index (χ2v) is 2.33. The van der Waals surface area contributed by atoms with Crippen molar-refractivity contribution in [1.82, 2.24) is 15.0 Å². The van der Waals surface area contributed by atoms with Gasteiger partial charge in [0.05, 0.1) is 0 Å². The van der Waals surface area contributed by atoms with Crippen molar-refractivity contribution in [3.8, 4) is 0 Å². The fourth-order valence-electron chi connectivity index (χ4n) is 0.957.